The quantitative estimate of drug-likeness (QED) is 0.633. The topological polar surface area (TPSA) is 46.5 Å². The lowest BCUT2D eigenvalue weighted by molar-refractivity contribution is -0.143. The molecule has 3 nitrogen and oxygen atoms in total. The molecular formula is C20H22O3. The van der Waals surface area contributed by atoms with E-state index in [1.807, 2.05) is 37.3 Å². The summed E-state index contributed by atoms with van der Waals surface area (Å²) in [4.78, 5) is 12.2. The molecule has 0 aliphatic carbocycles. The molecule has 1 atom stereocenters. The van der Waals surface area contributed by atoms with Crippen LogP contribution >= 0.6 is 0 Å². The van der Waals surface area contributed by atoms with Gasteiger partial charge < -0.3 is 9.84 Å². The van der Waals surface area contributed by atoms with Crippen molar-refractivity contribution in [3.8, 4) is 16.9 Å². The summed E-state index contributed by atoms with van der Waals surface area (Å²) in [5.41, 5.74) is 4.20. The number of esters is 1. The highest BCUT2D eigenvalue weighted by Gasteiger charge is 2.21. The maximum absolute atomic E-state index is 12.2. The molecule has 1 N–H and O–H groups in total. The second kappa shape index (κ2) is 7.63. The Morgan fingerprint density at radius 1 is 1.26 bits per heavy atom. The Morgan fingerprint density at radius 2 is 1.96 bits per heavy atom. The lowest BCUT2D eigenvalue weighted by Gasteiger charge is -2.18. The first-order chi connectivity index (χ1) is 11.1. The Morgan fingerprint density at radius 3 is 2.57 bits per heavy atom. The molecule has 1 unspecified atom stereocenters. The lowest BCUT2D eigenvalue weighted by Crippen LogP contribution is -2.15. The minimum atomic E-state index is -0.332. The first kappa shape index (κ1) is 16.8. The lowest BCUT2D eigenvalue weighted by atomic mass is 9.88. The van der Waals surface area contributed by atoms with Gasteiger partial charge in [-0.2, -0.15) is 0 Å². The first-order valence-corrected chi connectivity index (χ1v) is 7.77. The molecule has 0 bridgehead atoms. The van der Waals surface area contributed by atoms with Crippen molar-refractivity contribution < 1.29 is 14.6 Å². The van der Waals surface area contributed by atoms with Gasteiger partial charge in [0.1, 0.15) is 12.4 Å². The number of benzene rings is 2. The Hall–Kier alpha value is -2.55. The summed E-state index contributed by atoms with van der Waals surface area (Å²) in [6.45, 7) is 7.72. The molecule has 0 amide bonds. The fourth-order valence-electron chi connectivity index (χ4n) is 2.71. The van der Waals surface area contributed by atoms with E-state index in [0.717, 1.165) is 28.7 Å². The van der Waals surface area contributed by atoms with Crippen LogP contribution in [-0.2, 0) is 16.0 Å². The average molecular weight is 310 g/mol. The highest BCUT2D eigenvalue weighted by atomic mass is 16.5. The second-order valence-electron chi connectivity index (χ2n) is 5.41. The molecule has 120 valence electrons. The van der Waals surface area contributed by atoms with Crippen LogP contribution in [0.25, 0.3) is 11.1 Å². The van der Waals surface area contributed by atoms with E-state index in [2.05, 4.69) is 13.5 Å². The van der Waals surface area contributed by atoms with Gasteiger partial charge in [0.15, 0.2) is 0 Å². The molecule has 0 saturated heterocycles. The normalized spacial score (nSPS) is 11.7. The van der Waals surface area contributed by atoms with Crippen LogP contribution < -0.4 is 0 Å². The molecule has 0 aromatic heterocycles. The van der Waals surface area contributed by atoms with Crippen LogP contribution in [0, 0.1) is 0 Å². The van der Waals surface area contributed by atoms with Crippen LogP contribution in [0.5, 0.6) is 5.75 Å². The van der Waals surface area contributed by atoms with Crippen LogP contribution in [0.4, 0.5) is 0 Å². The molecule has 0 heterocycles. The van der Waals surface area contributed by atoms with Crippen molar-refractivity contribution >= 4 is 5.97 Å². The van der Waals surface area contributed by atoms with Gasteiger partial charge in [-0.05, 0) is 47.7 Å². The SMILES string of the molecule is C=CCOC(=O)C(C)c1cccc(-c2ccc(O)cc2)c1CC. The van der Waals surface area contributed by atoms with Crippen LogP contribution in [0.15, 0.2) is 55.1 Å². The molecule has 0 saturated carbocycles. The molecule has 2 aromatic rings. The largest absolute Gasteiger partial charge is 0.508 e. The first-order valence-electron chi connectivity index (χ1n) is 7.77. The number of hydrogen-bond donors (Lipinski definition) is 1. The number of aromatic hydroxyl groups is 1. The van der Waals surface area contributed by atoms with Crippen molar-refractivity contribution in [3.05, 3.63) is 66.2 Å². The van der Waals surface area contributed by atoms with E-state index in [9.17, 15) is 9.90 Å². The van der Waals surface area contributed by atoms with Crippen molar-refractivity contribution in [2.75, 3.05) is 6.61 Å². The third kappa shape index (κ3) is 3.81. The minimum Gasteiger partial charge on any atom is -0.508 e. The predicted octanol–water partition coefficient (Wildman–Crippen LogP) is 4.45. The molecule has 0 aliphatic rings. The van der Waals surface area contributed by atoms with E-state index in [0.29, 0.717) is 0 Å². The number of carbonyl (C=O) groups excluding carboxylic acids is 1. The molecule has 3 heteroatoms. The highest BCUT2D eigenvalue weighted by molar-refractivity contribution is 5.80. The maximum Gasteiger partial charge on any atom is 0.313 e. The van der Waals surface area contributed by atoms with Crippen molar-refractivity contribution in [3.63, 3.8) is 0 Å². The van der Waals surface area contributed by atoms with Gasteiger partial charge in [0.05, 0.1) is 5.92 Å². The van der Waals surface area contributed by atoms with E-state index >= 15 is 0 Å². The zero-order chi connectivity index (χ0) is 16.8. The third-order valence-electron chi connectivity index (χ3n) is 3.91. The van der Waals surface area contributed by atoms with Gasteiger partial charge in [0, 0.05) is 0 Å². The molecule has 2 aromatic carbocycles. The number of phenolic OH excluding ortho intramolecular Hbond substituents is 1. The summed E-state index contributed by atoms with van der Waals surface area (Å²) in [6, 6.07) is 13.1. The summed E-state index contributed by atoms with van der Waals surface area (Å²) in [6.07, 6.45) is 2.38. The van der Waals surface area contributed by atoms with Crippen molar-refractivity contribution in [1.29, 1.82) is 0 Å². The zero-order valence-electron chi connectivity index (χ0n) is 13.6. The molecule has 0 fully saturated rings. The smallest absolute Gasteiger partial charge is 0.313 e. The monoisotopic (exact) mass is 310 g/mol. The zero-order valence-corrected chi connectivity index (χ0v) is 13.6. The Balaban J connectivity index is 2.42. The Labute approximate surface area is 137 Å². The van der Waals surface area contributed by atoms with Gasteiger partial charge in [0.2, 0.25) is 0 Å². The van der Waals surface area contributed by atoms with Gasteiger partial charge in [-0.1, -0.05) is 49.9 Å². The Kier molecular flexibility index (Phi) is 5.58. The number of carbonyl (C=O) groups is 1. The number of phenols is 1. The summed E-state index contributed by atoms with van der Waals surface area (Å²) in [7, 11) is 0. The van der Waals surface area contributed by atoms with Gasteiger partial charge >= 0.3 is 5.97 Å². The molecule has 0 radical (unpaired) electrons. The Bertz CT molecular complexity index is 687. The van der Waals surface area contributed by atoms with Gasteiger partial charge in [0.25, 0.3) is 0 Å². The van der Waals surface area contributed by atoms with Gasteiger partial charge in [-0.3, -0.25) is 4.79 Å². The molecule has 2 rings (SSSR count). The fourth-order valence-corrected chi connectivity index (χ4v) is 2.71. The number of rotatable bonds is 6. The predicted molar refractivity (Wildman–Crippen MR) is 92.5 cm³/mol. The average Bonchev–Trinajstić information content (AvgIpc) is 2.58. The highest BCUT2D eigenvalue weighted by Crippen LogP contribution is 2.32. The maximum atomic E-state index is 12.2. The van der Waals surface area contributed by atoms with Gasteiger partial charge in [-0.15, -0.1) is 0 Å². The summed E-state index contributed by atoms with van der Waals surface area (Å²) >= 11 is 0. The van der Waals surface area contributed by atoms with Crippen LogP contribution in [-0.4, -0.2) is 17.7 Å². The summed E-state index contributed by atoms with van der Waals surface area (Å²) < 4.78 is 5.18. The number of hydrogen-bond acceptors (Lipinski definition) is 3. The minimum absolute atomic E-state index is 0.224. The molecule has 23 heavy (non-hydrogen) atoms. The standard InChI is InChI=1S/C20H22O3/c1-4-13-23-20(22)14(3)18-7-6-8-19(17(18)5-2)15-9-11-16(21)12-10-15/h4,6-12,14,21H,1,5,13H2,2-3H3. The van der Waals surface area contributed by atoms with Crippen LogP contribution in [0.2, 0.25) is 0 Å². The van der Waals surface area contributed by atoms with Crippen molar-refractivity contribution in [2.45, 2.75) is 26.2 Å². The second-order valence-corrected chi connectivity index (χ2v) is 5.41. The summed E-state index contributed by atoms with van der Waals surface area (Å²) in [5, 5.41) is 9.46. The molecular weight excluding hydrogens is 288 g/mol. The third-order valence-corrected chi connectivity index (χ3v) is 3.91. The van der Waals surface area contributed by atoms with Crippen LogP contribution in [0.3, 0.4) is 0 Å². The van der Waals surface area contributed by atoms with E-state index in [4.69, 9.17) is 4.74 Å². The van der Waals surface area contributed by atoms with E-state index in [1.165, 1.54) is 0 Å². The van der Waals surface area contributed by atoms with Crippen LogP contribution in [0.1, 0.15) is 30.9 Å². The number of ether oxygens (including phenoxy) is 1. The molecule has 0 aliphatic heterocycles. The van der Waals surface area contributed by atoms with E-state index < -0.39 is 0 Å². The van der Waals surface area contributed by atoms with Crippen molar-refractivity contribution in [1.82, 2.24) is 0 Å². The van der Waals surface area contributed by atoms with Crippen molar-refractivity contribution in [2.24, 2.45) is 0 Å². The fraction of sp³-hybridized carbons (Fsp3) is 0.250. The van der Waals surface area contributed by atoms with Gasteiger partial charge in [-0.25, -0.2) is 0 Å². The summed E-state index contributed by atoms with van der Waals surface area (Å²) in [5.74, 6) is -0.339. The van der Waals surface area contributed by atoms with E-state index in [-0.39, 0.29) is 24.2 Å². The van der Waals surface area contributed by atoms with E-state index in [1.54, 1.807) is 18.2 Å². The molecule has 0 spiro atoms.